The summed E-state index contributed by atoms with van der Waals surface area (Å²) in [7, 11) is -0.0651. The summed E-state index contributed by atoms with van der Waals surface area (Å²) >= 11 is 0. The van der Waals surface area contributed by atoms with Crippen LogP contribution in [-0.4, -0.2) is 11.3 Å². The van der Waals surface area contributed by atoms with E-state index in [2.05, 4.69) is 84.0 Å². The van der Waals surface area contributed by atoms with Crippen LogP contribution in [0.25, 0.3) is 22.3 Å². The predicted octanol–water partition coefficient (Wildman–Crippen LogP) is 10.2. The van der Waals surface area contributed by atoms with Crippen LogP contribution >= 0.6 is 7.92 Å². The van der Waals surface area contributed by atoms with Crippen molar-refractivity contribution in [3.8, 4) is 22.3 Å². The van der Waals surface area contributed by atoms with Gasteiger partial charge in [-0.25, -0.2) is 0 Å². The molecule has 0 unspecified atom stereocenters. The number of para-hydroxylation sites is 1. The minimum atomic E-state index is -0.0651. The Bertz CT molecular complexity index is 1510. The van der Waals surface area contributed by atoms with Crippen LogP contribution in [0.1, 0.15) is 140 Å². The fourth-order valence-corrected chi connectivity index (χ4v) is 11.7. The van der Waals surface area contributed by atoms with Gasteiger partial charge in [-0.3, -0.25) is 0 Å². The average Bonchev–Trinajstić information content (AvgIpc) is 3.09. The Labute approximate surface area is 320 Å². The van der Waals surface area contributed by atoms with Crippen molar-refractivity contribution in [2.24, 2.45) is 0 Å². The molecule has 2 aliphatic rings. The number of nitrogen functional groups attached to an aromatic ring is 1. The van der Waals surface area contributed by atoms with E-state index < -0.39 is 0 Å². The number of hydrogen-bond donors (Lipinski definition) is 1. The Morgan fingerprint density at radius 2 is 1.18 bits per heavy atom. The third-order valence-electron chi connectivity index (χ3n) is 10.5. The minimum Gasteiger partial charge on any atom is -1.00 e. The van der Waals surface area contributed by atoms with E-state index >= 15 is 0 Å². The third-order valence-corrected chi connectivity index (χ3v) is 13.9. The maximum absolute atomic E-state index is 5.83. The molecule has 0 amide bonds. The smallest absolute Gasteiger partial charge is 0.0393 e. The number of rotatable bonds is 8. The van der Waals surface area contributed by atoms with Gasteiger partial charge in [0.2, 0.25) is 0 Å². The summed E-state index contributed by atoms with van der Waals surface area (Å²) in [6, 6.07) is 33.8. The summed E-state index contributed by atoms with van der Waals surface area (Å²) in [5.41, 5.74) is 18.3. The summed E-state index contributed by atoms with van der Waals surface area (Å²) in [5, 5.41) is 1.71. The van der Waals surface area contributed by atoms with Crippen LogP contribution in [0.4, 0.5) is 5.69 Å². The van der Waals surface area contributed by atoms with Crippen LogP contribution in [0.2, 0.25) is 0 Å². The van der Waals surface area contributed by atoms with E-state index in [-0.39, 0.29) is 40.8 Å². The maximum atomic E-state index is 5.83. The molecule has 49 heavy (non-hydrogen) atoms. The van der Waals surface area contributed by atoms with Crippen molar-refractivity contribution < 1.29 is 32.8 Å². The quantitative estimate of drug-likeness (QED) is 0.107. The molecule has 2 saturated carbocycles. The summed E-state index contributed by atoms with van der Waals surface area (Å²) in [6.45, 7) is 14.2. The summed E-state index contributed by atoms with van der Waals surface area (Å²) in [5.74, 6) is 1.64. The minimum absolute atomic E-state index is 0. The van der Waals surface area contributed by atoms with Crippen molar-refractivity contribution in [1.29, 1.82) is 0 Å². The van der Waals surface area contributed by atoms with Gasteiger partial charge in [-0.1, -0.05) is 161 Å². The Hall–Kier alpha value is -1.94. The van der Waals surface area contributed by atoms with E-state index in [0.29, 0.717) is 17.8 Å². The third kappa shape index (κ3) is 10.8. The molecule has 2 aliphatic carbocycles. The molecule has 6 rings (SSSR count). The molecule has 1 radical (unpaired) electrons. The van der Waals surface area contributed by atoms with E-state index in [1.165, 1.54) is 75.3 Å². The predicted molar refractivity (Wildman–Crippen MR) is 210 cm³/mol. The number of halogens is 1. The van der Waals surface area contributed by atoms with Gasteiger partial charge in [0, 0.05) is 31.7 Å². The molecule has 0 spiro atoms. The van der Waals surface area contributed by atoms with E-state index in [9.17, 15) is 0 Å². The van der Waals surface area contributed by atoms with Crippen LogP contribution < -0.4 is 23.4 Å². The van der Waals surface area contributed by atoms with Gasteiger partial charge in [0.25, 0.3) is 0 Å². The first-order valence-corrected chi connectivity index (χ1v) is 20.1. The van der Waals surface area contributed by atoms with Crippen molar-refractivity contribution >= 4 is 18.9 Å². The molecule has 4 aromatic carbocycles. The zero-order valence-electron chi connectivity index (χ0n) is 30.8. The van der Waals surface area contributed by atoms with E-state index in [1.807, 2.05) is 48.5 Å². The number of anilines is 1. The fraction of sp³-hybridized carbons (Fsp3) is 0.467. The Morgan fingerprint density at radius 3 is 1.67 bits per heavy atom. The summed E-state index contributed by atoms with van der Waals surface area (Å²) < 4.78 is 0. The van der Waals surface area contributed by atoms with Crippen molar-refractivity contribution in [1.82, 2.24) is 0 Å². The molecule has 0 aromatic heterocycles. The number of nitrogens with two attached hydrogens (primary N) is 1. The van der Waals surface area contributed by atoms with Crippen LogP contribution in [0.15, 0.2) is 84.9 Å². The monoisotopic (exact) mass is 785 g/mol. The van der Waals surface area contributed by atoms with Gasteiger partial charge in [-0.2, -0.15) is 0 Å². The standard InChI is InChI=1S/C33H49P.C12H10N.ClH.Pd/c1-23(2)27-21-31(24(3)4)33(32(22-27)25(5)6)26-14-13-19-30(20-26)34(28-15-9-7-10-16-28)29-17-11-8-12-18-29;13-12-9-5-4-8-11(12)10-6-2-1-3-7-10;;/h13-14,19-25,28-29H,7-12,15-18H2,1-6H3;1-6,8-9H,13H2;1H;/p-1. The second-order valence-corrected chi connectivity index (χ2v) is 17.7. The van der Waals surface area contributed by atoms with Gasteiger partial charge in [0.15, 0.2) is 0 Å². The first kappa shape index (κ1) is 41.5. The molecule has 4 aromatic rings. The van der Waals surface area contributed by atoms with Crippen LogP contribution in [0.3, 0.4) is 0 Å². The van der Waals surface area contributed by atoms with Crippen LogP contribution in [0.5, 0.6) is 0 Å². The van der Waals surface area contributed by atoms with Crippen molar-refractivity contribution in [3.05, 3.63) is 108 Å². The Kier molecular flexibility index (Phi) is 17.1. The Morgan fingerprint density at radius 1 is 0.633 bits per heavy atom. The first-order valence-electron chi connectivity index (χ1n) is 18.6. The second kappa shape index (κ2) is 20.2. The molecule has 267 valence electrons. The largest absolute Gasteiger partial charge is 1.00 e. The fourth-order valence-electron chi connectivity index (χ4n) is 7.85. The van der Waals surface area contributed by atoms with Crippen molar-refractivity contribution in [3.63, 3.8) is 0 Å². The Balaban J connectivity index is 0.000000364. The molecular formula is C45H59ClNPPd-. The summed E-state index contributed by atoms with van der Waals surface area (Å²) in [6.07, 6.45) is 14.7. The molecule has 0 bridgehead atoms. The zero-order valence-corrected chi connectivity index (χ0v) is 34.0. The van der Waals surface area contributed by atoms with Crippen molar-refractivity contribution in [2.75, 3.05) is 5.73 Å². The van der Waals surface area contributed by atoms with Gasteiger partial charge in [-0.05, 0) is 112 Å². The number of benzene rings is 4. The molecule has 2 fully saturated rings. The maximum Gasteiger partial charge on any atom is 0.0393 e. The zero-order chi connectivity index (χ0) is 33.3. The van der Waals surface area contributed by atoms with E-state index in [1.54, 1.807) is 22.0 Å². The number of hydrogen-bond acceptors (Lipinski definition) is 1. The molecule has 0 heterocycles. The molecule has 0 atom stereocenters. The molecule has 4 heteroatoms. The molecule has 2 N–H and O–H groups in total. The van der Waals surface area contributed by atoms with Gasteiger partial charge in [0.1, 0.15) is 0 Å². The van der Waals surface area contributed by atoms with Crippen LogP contribution in [0, 0.1) is 6.07 Å². The van der Waals surface area contributed by atoms with E-state index in [4.69, 9.17) is 5.73 Å². The van der Waals surface area contributed by atoms with E-state index in [0.717, 1.165) is 28.1 Å². The summed E-state index contributed by atoms with van der Waals surface area (Å²) in [4.78, 5) is 0. The molecular weight excluding hydrogens is 727 g/mol. The normalized spacial score (nSPS) is 15.5. The second-order valence-electron chi connectivity index (χ2n) is 14.9. The topological polar surface area (TPSA) is 26.0 Å². The van der Waals surface area contributed by atoms with Gasteiger partial charge in [-0.15, -0.1) is 0 Å². The molecule has 0 saturated heterocycles. The van der Waals surface area contributed by atoms with Crippen LogP contribution in [-0.2, 0) is 20.4 Å². The van der Waals surface area contributed by atoms with Gasteiger partial charge < -0.3 is 18.1 Å². The average molecular weight is 787 g/mol. The first-order chi connectivity index (χ1) is 22.7. The van der Waals surface area contributed by atoms with Gasteiger partial charge >= 0.3 is 0 Å². The van der Waals surface area contributed by atoms with Crippen molar-refractivity contribution in [2.45, 2.75) is 135 Å². The molecule has 0 aliphatic heterocycles. The van der Waals surface area contributed by atoms with Gasteiger partial charge in [0.05, 0.1) is 0 Å². The molecule has 1 nitrogen and oxygen atoms in total. The SMILES string of the molecule is CC(C)c1cc(C(C)C)c(-c2cccc(P(C3CCCCC3)C3CCCCC3)c2)c(C(C)C)c1.Nc1ccccc1-c1[c]cccc1.[Cl-].[Pd].